The fraction of sp³-hybridized carbons (Fsp3) is 0.350. The summed E-state index contributed by atoms with van der Waals surface area (Å²) in [5.41, 5.74) is 2.10. The lowest BCUT2D eigenvalue weighted by atomic mass is 10.2. The summed E-state index contributed by atoms with van der Waals surface area (Å²) in [5.74, 6) is -0.174. The van der Waals surface area contributed by atoms with E-state index >= 15 is 0 Å². The Bertz CT molecular complexity index is 728. The maximum absolute atomic E-state index is 13.1. The topological polar surface area (TPSA) is 35.6 Å². The van der Waals surface area contributed by atoms with Crippen molar-refractivity contribution in [2.24, 2.45) is 0 Å². The van der Waals surface area contributed by atoms with E-state index in [1.165, 1.54) is 12.1 Å². The molecule has 6 heteroatoms. The predicted molar refractivity (Wildman–Crippen MR) is 106 cm³/mol. The van der Waals surface area contributed by atoms with E-state index in [1.807, 2.05) is 31.2 Å². The molecule has 0 spiro atoms. The molecular weight excluding hydrogens is 397 g/mol. The molecule has 0 radical (unpaired) electrons. The maximum Gasteiger partial charge on any atom is 0.237 e. The van der Waals surface area contributed by atoms with E-state index in [-0.39, 0.29) is 17.8 Å². The fourth-order valence-corrected chi connectivity index (χ4v) is 3.39. The van der Waals surface area contributed by atoms with Crippen molar-refractivity contribution >= 4 is 27.5 Å². The molecule has 1 N–H and O–H groups in total. The Balaban J connectivity index is 1.48. The van der Waals surface area contributed by atoms with Crippen LogP contribution in [0.25, 0.3) is 0 Å². The minimum absolute atomic E-state index is 0.0446. The van der Waals surface area contributed by atoms with Gasteiger partial charge in [-0.2, -0.15) is 0 Å². The number of piperazine rings is 1. The van der Waals surface area contributed by atoms with Crippen LogP contribution in [0, 0.1) is 5.82 Å². The molecule has 138 valence electrons. The first-order valence-electron chi connectivity index (χ1n) is 8.79. The van der Waals surface area contributed by atoms with Crippen LogP contribution in [-0.2, 0) is 11.3 Å². The van der Waals surface area contributed by atoms with E-state index < -0.39 is 0 Å². The van der Waals surface area contributed by atoms with Gasteiger partial charge >= 0.3 is 0 Å². The van der Waals surface area contributed by atoms with Gasteiger partial charge in [0.15, 0.2) is 0 Å². The second-order valence-corrected chi connectivity index (χ2v) is 7.44. The molecule has 2 aromatic rings. The number of carbonyl (C=O) groups is 1. The van der Waals surface area contributed by atoms with Crippen molar-refractivity contribution in [3.63, 3.8) is 0 Å². The molecule has 0 aliphatic carbocycles. The monoisotopic (exact) mass is 419 g/mol. The zero-order chi connectivity index (χ0) is 18.5. The largest absolute Gasteiger partial charge is 0.369 e. The van der Waals surface area contributed by atoms with Crippen molar-refractivity contribution in [3.05, 3.63) is 64.4 Å². The summed E-state index contributed by atoms with van der Waals surface area (Å²) in [5, 5.41) is 3.01. The smallest absolute Gasteiger partial charge is 0.237 e. The van der Waals surface area contributed by atoms with Gasteiger partial charge in [-0.05, 0) is 48.9 Å². The van der Waals surface area contributed by atoms with E-state index in [2.05, 4.69) is 31.0 Å². The number of hydrogen-bond donors (Lipinski definition) is 1. The third-order valence-corrected chi connectivity index (χ3v) is 5.34. The second-order valence-electron chi connectivity index (χ2n) is 6.52. The number of nitrogens with one attached hydrogen (secondary N) is 1. The zero-order valence-corrected chi connectivity index (χ0v) is 16.4. The van der Waals surface area contributed by atoms with Crippen molar-refractivity contribution < 1.29 is 9.18 Å². The molecule has 1 atom stereocenters. The summed E-state index contributed by atoms with van der Waals surface area (Å²) in [7, 11) is 0. The van der Waals surface area contributed by atoms with Gasteiger partial charge in [-0.25, -0.2) is 4.39 Å². The molecule has 0 saturated carbocycles. The van der Waals surface area contributed by atoms with Crippen LogP contribution in [-0.4, -0.2) is 43.0 Å². The number of halogens is 2. The van der Waals surface area contributed by atoms with Gasteiger partial charge < -0.3 is 10.2 Å². The van der Waals surface area contributed by atoms with E-state index in [4.69, 9.17) is 0 Å². The van der Waals surface area contributed by atoms with Gasteiger partial charge in [0.2, 0.25) is 5.91 Å². The lowest BCUT2D eigenvalue weighted by Gasteiger charge is -2.38. The molecule has 2 aromatic carbocycles. The van der Waals surface area contributed by atoms with Gasteiger partial charge in [0.1, 0.15) is 5.82 Å². The Kier molecular flexibility index (Phi) is 6.27. The average Bonchev–Trinajstić information content (AvgIpc) is 2.67. The fourth-order valence-electron chi connectivity index (χ4n) is 3.12. The first-order valence-corrected chi connectivity index (χ1v) is 9.59. The summed E-state index contributed by atoms with van der Waals surface area (Å²) < 4.78 is 14.1. The molecule has 1 aliphatic rings. The molecule has 1 aliphatic heterocycles. The SMILES string of the molecule is CC(C(=O)NCc1ccc(Br)cc1)N1CCN(c2ccc(F)cc2)CC1. The number of amides is 1. The van der Waals surface area contributed by atoms with Gasteiger partial charge in [-0.1, -0.05) is 28.1 Å². The van der Waals surface area contributed by atoms with Gasteiger partial charge in [-0.15, -0.1) is 0 Å². The Morgan fingerprint density at radius 3 is 2.31 bits per heavy atom. The van der Waals surface area contributed by atoms with Crippen LogP contribution in [0.1, 0.15) is 12.5 Å². The summed E-state index contributed by atoms with van der Waals surface area (Å²) in [6, 6.07) is 14.4. The molecule has 1 heterocycles. The standard InChI is InChI=1S/C20H23BrFN3O/c1-15(20(26)23-14-16-2-4-17(21)5-3-16)24-10-12-25(13-11-24)19-8-6-18(22)7-9-19/h2-9,15H,10-14H2,1H3,(H,23,26). The number of carbonyl (C=O) groups excluding carboxylic acids is 1. The van der Waals surface area contributed by atoms with Crippen molar-refractivity contribution in [1.29, 1.82) is 0 Å². The number of rotatable bonds is 5. The molecule has 1 fully saturated rings. The van der Waals surface area contributed by atoms with Crippen LogP contribution >= 0.6 is 15.9 Å². The minimum Gasteiger partial charge on any atom is -0.369 e. The average molecular weight is 420 g/mol. The molecule has 0 bridgehead atoms. The highest BCUT2D eigenvalue weighted by atomic mass is 79.9. The van der Waals surface area contributed by atoms with E-state index in [1.54, 1.807) is 12.1 Å². The molecule has 4 nitrogen and oxygen atoms in total. The van der Waals surface area contributed by atoms with E-state index in [0.717, 1.165) is 41.9 Å². The van der Waals surface area contributed by atoms with Crippen LogP contribution in [0.3, 0.4) is 0 Å². The minimum atomic E-state index is -0.219. The lowest BCUT2D eigenvalue weighted by Crippen LogP contribution is -2.53. The van der Waals surface area contributed by atoms with Crippen LogP contribution in [0.2, 0.25) is 0 Å². The Morgan fingerprint density at radius 1 is 1.08 bits per heavy atom. The number of nitrogens with zero attached hydrogens (tertiary/aromatic N) is 2. The first kappa shape index (κ1) is 18.9. The third-order valence-electron chi connectivity index (χ3n) is 4.81. The summed E-state index contributed by atoms with van der Waals surface area (Å²) >= 11 is 3.41. The highest BCUT2D eigenvalue weighted by molar-refractivity contribution is 9.10. The highest BCUT2D eigenvalue weighted by Crippen LogP contribution is 2.18. The molecule has 3 rings (SSSR count). The van der Waals surface area contributed by atoms with Gasteiger partial charge in [0, 0.05) is 42.9 Å². The molecule has 1 amide bonds. The lowest BCUT2D eigenvalue weighted by molar-refractivity contribution is -0.126. The number of benzene rings is 2. The second kappa shape index (κ2) is 8.64. The summed E-state index contributed by atoms with van der Waals surface area (Å²) in [4.78, 5) is 16.9. The number of anilines is 1. The summed E-state index contributed by atoms with van der Waals surface area (Å²) in [6.07, 6.45) is 0. The zero-order valence-electron chi connectivity index (χ0n) is 14.8. The van der Waals surface area contributed by atoms with Gasteiger partial charge in [0.25, 0.3) is 0 Å². The van der Waals surface area contributed by atoms with E-state index in [0.29, 0.717) is 6.54 Å². The van der Waals surface area contributed by atoms with Crippen LogP contribution < -0.4 is 10.2 Å². The number of hydrogen-bond acceptors (Lipinski definition) is 3. The Morgan fingerprint density at radius 2 is 1.69 bits per heavy atom. The highest BCUT2D eigenvalue weighted by Gasteiger charge is 2.25. The molecule has 0 aromatic heterocycles. The summed E-state index contributed by atoms with van der Waals surface area (Å²) in [6.45, 7) is 5.76. The van der Waals surface area contributed by atoms with Crippen molar-refractivity contribution in [1.82, 2.24) is 10.2 Å². The Hall–Kier alpha value is -1.92. The van der Waals surface area contributed by atoms with Crippen LogP contribution in [0.5, 0.6) is 0 Å². The maximum atomic E-state index is 13.1. The molecule has 1 unspecified atom stereocenters. The van der Waals surface area contributed by atoms with Gasteiger partial charge in [-0.3, -0.25) is 9.69 Å². The van der Waals surface area contributed by atoms with Crippen molar-refractivity contribution in [3.8, 4) is 0 Å². The molecule has 1 saturated heterocycles. The van der Waals surface area contributed by atoms with Crippen molar-refractivity contribution in [2.75, 3.05) is 31.1 Å². The van der Waals surface area contributed by atoms with Crippen LogP contribution in [0.4, 0.5) is 10.1 Å². The molecule has 26 heavy (non-hydrogen) atoms. The van der Waals surface area contributed by atoms with Gasteiger partial charge in [0.05, 0.1) is 6.04 Å². The van der Waals surface area contributed by atoms with Crippen molar-refractivity contribution in [2.45, 2.75) is 19.5 Å². The predicted octanol–water partition coefficient (Wildman–Crippen LogP) is 3.42. The van der Waals surface area contributed by atoms with E-state index in [9.17, 15) is 9.18 Å². The van der Waals surface area contributed by atoms with Crippen LogP contribution in [0.15, 0.2) is 53.0 Å². The quantitative estimate of drug-likeness (QED) is 0.806. The normalized spacial score (nSPS) is 16.3. The third kappa shape index (κ3) is 4.83. The first-order chi connectivity index (χ1) is 12.5. The molecular formula is C20H23BrFN3O. The Labute approximate surface area is 162 Å².